The average Bonchev–Trinajstić information content (AvgIpc) is 2.79. The van der Waals surface area contributed by atoms with E-state index in [1.54, 1.807) is 9.80 Å². The molecule has 2 aliphatic rings. The normalized spacial score (nSPS) is 23.8. The fourth-order valence-corrected chi connectivity index (χ4v) is 3.03. The van der Waals surface area contributed by atoms with Crippen LogP contribution in [0.5, 0.6) is 0 Å². The maximum atomic E-state index is 12.1. The van der Waals surface area contributed by atoms with Crippen LogP contribution in [0.25, 0.3) is 0 Å². The highest BCUT2D eigenvalue weighted by Crippen LogP contribution is 2.25. The SMILES string of the molecule is CC(C)(C)NC(=O)N1CCC(N2CC(C(=O)O)CC2=O)CC1. The molecule has 2 N–H and O–H groups in total. The summed E-state index contributed by atoms with van der Waals surface area (Å²) in [5, 5.41) is 12.0. The topological polar surface area (TPSA) is 90.0 Å². The Morgan fingerprint density at radius 3 is 2.27 bits per heavy atom. The molecule has 3 amide bonds. The Kier molecular flexibility index (Phi) is 4.63. The van der Waals surface area contributed by atoms with Crippen LogP contribution >= 0.6 is 0 Å². The average molecular weight is 311 g/mol. The van der Waals surface area contributed by atoms with Crippen LogP contribution in [0.15, 0.2) is 0 Å². The summed E-state index contributed by atoms with van der Waals surface area (Å²) >= 11 is 0. The predicted octanol–water partition coefficient (Wildman–Crippen LogP) is 0.892. The number of urea groups is 1. The van der Waals surface area contributed by atoms with Gasteiger partial charge in [-0.2, -0.15) is 0 Å². The zero-order valence-electron chi connectivity index (χ0n) is 13.5. The Bertz CT molecular complexity index is 464. The van der Waals surface area contributed by atoms with Crippen molar-refractivity contribution in [2.24, 2.45) is 5.92 Å². The number of carbonyl (C=O) groups is 3. The first-order valence-corrected chi connectivity index (χ1v) is 7.77. The lowest BCUT2D eigenvalue weighted by Crippen LogP contribution is -2.53. The molecule has 1 atom stereocenters. The summed E-state index contributed by atoms with van der Waals surface area (Å²) in [6.45, 7) is 7.29. The van der Waals surface area contributed by atoms with Crippen molar-refractivity contribution >= 4 is 17.9 Å². The Hall–Kier alpha value is -1.79. The van der Waals surface area contributed by atoms with Crippen molar-refractivity contribution in [2.45, 2.75) is 51.6 Å². The van der Waals surface area contributed by atoms with Gasteiger partial charge < -0.3 is 20.2 Å². The maximum absolute atomic E-state index is 12.1. The highest BCUT2D eigenvalue weighted by atomic mass is 16.4. The molecule has 7 heteroatoms. The number of carboxylic acid groups (broad SMARTS) is 1. The molecule has 0 aromatic rings. The van der Waals surface area contributed by atoms with Crippen LogP contribution < -0.4 is 5.32 Å². The van der Waals surface area contributed by atoms with Crippen LogP contribution in [-0.2, 0) is 9.59 Å². The van der Waals surface area contributed by atoms with Gasteiger partial charge in [0.05, 0.1) is 5.92 Å². The van der Waals surface area contributed by atoms with Crippen molar-refractivity contribution in [2.75, 3.05) is 19.6 Å². The lowest BCUT2D eigenvalue weighted by atomic mass is 10.0. The number of hydrogen-bond acceptors (Lipinski definition) is 3. The Balaban J connectivity index is 1.86. The van der Waals surface area contributed by atoms with E-state index < -0.39 is 11.9 Å². The van der Waals surface area contributed by atoms with E-state index in [0.717, 1.165) is 0 Å². The Morgan fingerprint density at radius 1 is 1.23 bits per heavy atom. The summed E-state index contributed by atoms with van der Waals surface area (Å²) in [6, 6.07) is -0.0300. The molecule has 0 aromatic carbocycles. The first-order valence-electron chi connectivity index (χ1n) is 7.77. The van der Waals surface area contributed by atoms with E-state index >= 15 is 0 Å². The molecule has 0 aromatic heterocycles. The van der Waals surface area contributed by atoms with Crippen LogP contribution in [0, 0.1) is 5.92 Å². The van der Waals surface area contributed by atoms with Gasteiger partial charge in [0.2, 0.25) is 5.91 Å². The highest BCUT2D eigenvalue weighted by molar-refractivity contribution is 5.86. The molecule has 7 nitrogen and oxygen atoms in total. The van der Waals surface area contributed by atoms with E-state index in [-0.39, 0.29) is 29.9 Å². The quantitative estimate of drug-likeness (QED) is 0.792. The van der Waals surface area contributed by atoms with Gasteiger partial charge in [0.25, 0.3) is 0 Å². The van der Waals surface area contributed by atoms with Gasteiger partial charge in [-0.15, -0.1) is 0 Å². The maximum Gasteiger partial charge on any atom is 0.317 e. The second kappa shape index (κ2) is 6.14. The zero-order valence-corrected chi connectivity index (χ0v) is 13.5. The molecule has 1 unspecified atom stereocenters. The summed E-state index contributed by atoms with van der Waals surface area (Å²) in [5.74, 6) is -1.57. The van der Waals surface area contributed by atoms with Gasteiger partial charge in [0.1, 0.15) is 0 Å². The zero-order chi connectivity index (χ0) is 16.5. The van der Waals surface area contributed by atoms with Gasteiger partial charge in [0.15, 0.2) is 0 Å². The molecule has 2 saturated heterocycles. The number of piperidine rings is 1. The third-order valence-corrected chi connectivity index (χ3v) is 4.18. The molecule has 2 heterocycles. The number of nitrogens with one attached hydrogen (secondary N) is 1. The minimum Gasteiger partial charge on any atom is -0.481 e. The Morgan fingerprint density at radius 2 is 1.82 bits per heavy atom. The Labute approximate surface area is 130 Å². The number of hydrogen-bond donors (Lipinski definition) is 2. The van der Waals surface area contributed by atoms with E-state index in [4.69, 9.17) is 5.11 Å². The van der Waals surface area contributed by atoms with Gasteiger partial charge in [0, 0.05) is 37.6 Å². The molecule has 0 aliphatic carbocycles. The number of carboxylic acids is 1. The summed E-state index contributed by atoms with van der Waals surface area (Å²) in [6.07, 6.45) is 1.51. The second-order valence-corrected chi connectivity index (χ2v) is 7.18. The van der Waals surface area contributed by atoms with E-state index in [1.807, 2.05) is 20.8 Å². The van der Waals surface area contributed by atoms with Crippen molar-refractivity contribution in [3.63, 3.8) is 0 Å². The number of aliphatic carboxylic acids is 1. The summed E-state index contributed by atoms with van der Waals surface area (Å²) in [4.78, 5) is 38.5. The number of nitrogens with zero attached hydrogens (tertiary/aromatic N) is 2. The van der Waals surface area contributed by atoms with E-state index in [1.165, 1.54) is 0 Å². The van der Waals surface area contributed by atoms with Gasteiger partial charge in [-0.05, 0) is 33.6 Å². The molecule has 2 rings (SSSR count). The molecule has 0 radical (unpaired) electrons. The van der Waals surface area contributed by atoms with E-state index in [0.29, 0.717) is 32.5 Å². The molecular weight excluding hydrogens is 286 g/mol. The van der Waals surface area contributed by atoms with Crippen LogP contribution in [-0.4, -0.2) is 64.0 Å². The number of amides is 3. The van der Waals surface area contributed by atoms with Crippen molar-refractivity contribution in [3.8, 4) is 0 Å². The van der Waals surface area contributed by atoms with Crippen molar-refractivity contribution < 1.29 is 19.5 Å². The molecule has 0 spiro atoms. The molecular formula is C15H25N3O4. The molecule has 22 heavy (non-hydrogen) atoms. The monoisotopic (exact) mass is 311 g/mol. The predicted molar refractivity (Wildman–Crippen MR) is 80.3 cm³/mol. The van der Waals surface area contributed by atoms with Crippen LogP contribution in [0.4, 0.5) is 4.79 Å². The summed E-state index contributed by atoms with van der Waals surface area (Å²) in [5.41, 5.74) is -0.270. The summed E-state index contributed by atoms with van der Waals surface area (Å²) < 4.78 is 0. The minimum absolute atomic E-state index is 0.0514. The third-order valence-electron chi connectivity index (χ3n) is 4.18. The third kappa shape index (κ3) is 3.90. The first kappa shape index (κ1) is 16.6. The number of rotatable bonds is 2. The first-order chi connectivity index (χ1) is 10.2. The second-order valence-electron chi connectivity index (χ2n) is 7.18. The standard InChI is InChI=1S/C15H25N3O4/c1-15(2,3)16-14(22)17-6-4-11(5-7-17)18-9-10(13(20)21)8-12(18)19/h10-11H,4-9H2,1-3H3,(H,16,22)(H,20,21). The molecule has 124 valence electrons. The smallest absolute Gasteiger partial charge is 0.317 e. The van der Waals surface area contributed by atoms with Gasteiger partial charge >= 0.3 is 12.0 Å². The van der Waals surface area contributed by atoms with Crippen molar-refractivity contribution in [3.05, 3.63) is 0 Å². The lowest BCUT2D eigenvalue weighted by Gasteiger charge is -2.37. The number of likely N-dealkylation sites (tertiary alicyclic amines) is 2. The fraction of sp³-hybridized carbons (Fsp3) is 0.800. The van der Waals surface area contributed by atoms with Crippen molar-refractivity contribution in [1.82, 2.24) is 15.1 Å². The largest absolute Gasteiger partial charge is 0.481 e. The highest BCUT2D eigenvalue weighted by Gasteiger charge is 2.39. The minimum atomic E-state index is -0.905. The molecule has 0 saturated carbocycles. The van der Waals surface area contributed by atoms with Gasteiger partial charge in [-0.25, -0.2) is 4.79 Å². The molecule has 2 aliphatic heterocycles. The van der Waals surface area contributed by atoms with Crippen LogP contribution in [0.3, 0.4) is 0 Å². The number of carbonyl (C=O) groups excluding carboxylic acids is 2. The van der Waals surface area contributed by atoms with Crippen LogP contribution in [0.1, 0.15) is 40.0 Å². The van der Waals surface area contributed by atoms with Crippen molar-refractivity contribution in [1.29, 1.82) is 0 Å². The van der Waals surface area contributed by atoms with Crippen LogP contribution in [0.2, 0.25) is 0 Å². The lowest BCUT2D eigenvalue weighted by molar-refractivity contribution is -0.141. The summed E-state index contributed by atoms with van der Waals surface area (Å²) in [7, 11) is 0. The molecule has 0 bridgehead atoms. The van der Waals surface area contributed by atoms with Gasteiger partial charge in [-0.3, -0.25) is 9.59 Å². The molecule has 2 fully saturated rings. The van der Waals surface area contributed by atoms with E-state index in [2.05, 4.69) is 5.32 Å². The van der Waals surface area contributed by atoms with Gasteiger partial charge in [-0.1, -0.05) is 0 Å². The van der Waals surface area contributed by atoms with E-state index in [9.17, 15) is 14.4 Å². The fourth-order valence-electron chi connectivity index (χ4n) is 3.03.